The molecule has 3 heterocycles. The molecule has 5 rings (SSSR count). The molecule has 35 heavy (non-hydrogen) atoms. The second-order valence-electron chi connectivity index (χ2n) is 9.59. The topological polar surface area (TPSA) is 89.6 Å². The van der Waals surface area contributed by atoms with Crippen molar-refractivity contribution in [1.29, 1.82) is 0 Å². The molecule has 9 heteroatoms. The van der Waals surface area contributed by atoms with E-state index in [9.17, 15) is 13.9 Å². The van der Waals surface area contributed by atoms with Crippen molar-refractivity contribution in [3.8, 4) is 17.1 Å². The van der Waals surface area contributed by atoms with E-state index in [0.717, 1.165) is 12.0 Å². The first kappa shape index (κ1) is 23.2. The van der Waals surface area contributed by atoms with Gasteiger partial charge in [0.2, 0.25) is 0 Å². The quantitative estimate of drug-likeness (QED) is 0.448. The fraction of sp³-hybridized carbons (Fsp3) is 0.346. The van der Waals surface area contributed by atoms with E-state index >= 15 is 0 Å². The van der Waals surface area contributed by atoms with Crippen molar-refractivity contribution in [3.63, 3.8) is 0 Å². The minimum atomic E-state index is -0.731. The summed E-state index contributed by atoms with van der Waals surface area (Å²) in [5, 5.41) is 22.5. The molecule has 3 aromatic heterocycles. The van der Waals surface area contributed by atoms with Crippen LogP contribution in [0.5, 0.6) is 0 Å². The van der Waals surface area contributed by atoms with Gasteiger partial charge in [0.1, 0.15) is 17.5 Å². The molecule has 0 aliphatic heterocycles. The summed E-state index contributed by atoms with van der Waals surface area (Å²) in [5.41, 5.74) is 0.996. The zero-order chi connectivity index (χ0) is 25.0. The number of nitrogens with zero attached hydrogens (tertiary/aromatic N) is 6. The van der Waals surface area contributed by atoms with Crippen molar-refractivity contribution in [2.75, 3.05) is 0 Å². The molecule has 0 saturated heterocycles. The summed E-state index contributed by atoms with van der Waals surface area (Å²) in [7, 11) is 0. The first-order chi connectivity index (χ1) is 16.7. The van der Waals surface area contributed by atoms with Crippen molar-refractivity contribution in [2.24, 2.45) is 5.41 Å². The maximum atomic E-state index is 14.5. The SMILES string of the molecule is CCC1c2cc(-c3c(F)cccc3F)nnc2C(C)(c2nccc(-n3ccc(CO)n3)n2)C1(C)C. The molecule has 0 fully saturated rings. The molecule has 1 aliphatic rings. The highest BCUT2D eigenvalue weighted by Crippen LogP contribution is 2.61. The number of hydrogen-bond donors (Lipinski definition) is 1. The standard InChI is InChI=1S/C26H26F2N6O/c1-5-17-16-13-20(22-18(27)7-6-8-19(22)28)31-32-23(16)26(4,25(17,2)3)24-29-11-9-21(30-24)34-12-10-15(14-35)33-34/h6-13,17,35H,5,14H2,1-4H3. The average molecular weight is 477 g/mol. The number of aromatic nitrogens is 6. The van der Waals surface area contributed by atoms with Gasteiger partial charge >= 0.3 is 0 Å². The highest BCUT2D eigenvalue weighted by Gasteiger charge is 2.58. The Morgan fingerprint density at radius 2 is 1.80 bits per heavy atom. The van der Waals surface area contributed by atoms with Gasteiger partial charge in [-0.1, -0.05) is 26.8 Å². The van der Waals surface area contributed by atoms with Gasteiger partial charge in [0.15, 0.2) is 5.82 Å². The van der Waals surface area contributed by atoms with E-state index in [-0.39, 0.29) is 29.2 Å². The second-order valence-corrected chi connectivity index (χ2v) is 9.59. The number of hydrogen-bond acceptors (Lipinski definition) is 6. The molecular formula is C26H26F2N6O. The highest BCUT2D eigenvalue weighted by atomic mass is 19.1. The normalized spacial score (nSPS) is 20.7. The van der Waals surface area contributed by atoms with Gasteiger partial charge in [-0.05, 0) is 54.5 Å². The minimum Gasteiger partial charge on any atom is -0.390 e. The summed E-state index contributed by atoms with van der Waals surface area (Å²) >= 11 is 0. The van der Waals surface area contributed by atoms with Gasteiger partial charge in [0, 0.05) is 18.5 Å². The zero-order valence-corrected chi connectivity index (χ0v) is 20.0. The summed E-state index contributed by atoms with van der Waals surface area (Å²) in [6, 6.07) is 9.00. The molecule has 2 unspecified atom stereocenters. The summed E-state index contributed by atoms with van der Waals surface area (Å²) in [6.07, 6.45) is 4.20. The molecule has 0 amide bonds. The van der Waals surface area contributed by atoms with Gasteiger partial charge in [-0.2, -0.15) is 10.2 Å². The van der Waals surface area contributed by atoms with E-state index in [1.807, 2.05) is 6.92 Å². The fourth-order valence-electron chi connectivity index (χ4n) is 5.38. The van der Waals surface area contributed by atoms with Crippen LogP contribution in [0.1, 0.15) is 62.8 Å². The number of rotatable bonds is 5. The van der Waals surface area contributed by atoms with Crippen molar-refractivity contribution >= 4 is 0 Å². The van der Waals surface area contributed by atoms with Gasteiger partial charge < -0.3 is 5.11 Å². The van der Waals surface area contributed by atoms with Gasteiger partial charge in [-0.15, -0.1) is 5.10 Å². The maximum Gasteiger partial charge on any atom is 0.157 e. The van der Waals surface area contributed by atoms with E-state index < -0.39 is 17.0 Å². The van der Waals surface area contributed by atoms with E-state index in [1.54, 1.807) is 35.3 Å². The molecule has 4 aromatic rings. The lowest BCUT2D eigenvalue weighted by Crippen LogP contribution is -2.40. The lowest BCUT2D eigenvalue weighted by molar-refractivity contribution is 0.184. The molecule has 1 aliphatic carbocycles. The Bertz CT molecular complexity index is 1400. The monoisotopic (exact) mass is 476 g/mol. The van der Waals surface area contributed by atoms with Crippen molar-refractivity contribution in [2.45, 2.75) is 52.1 Å². The van der Waals surface area contributed by atoms with Gasteiger partial charge in [0.25, 0.3) is 0 Å². The van der Waals surface area contributed by atoms with Crippen LogP contribution in [0.15, 0.2) is 48.8 Å². The molecular weight excluding hydrogens is 450 g/mol. The summed E-state index contributed by atoms with van der Waals surface area (Å²) < 4.78 is 30.6. The van der Waals surface area contributed by atoms with Gasteiger partial charge in [-0.25, -0.2) is 23.4 Å². The third kappa shape index (κ3) is 3.36. The fourth-order valence-corrected chi connectivity index (χ4v) is 5.38. The van der Waals surface area contributed by atoms with Crippen LogP contribution in [0, 0.1) is 17.0 Å². The Morgan fingerprint density at radius 1 is 1.06 bits per heavy atom. The molecule has 0 saturated carbocycles. The third-order valence-corrected chi connectivity index (χ3v) is 7.59. The average Bonchev–Trinajstić information content (AvgIpc) is 3.39. The molecule has 0 radical (unpaired) electrons. The Labute approximate surface area is 201 Å². The number of halogens is 2. The van der Waals surface area contributed by atoms with Crippen LogP contribution in [0.25, 0.3) is 17.1 Å². The van der Waals surface area contributed by atoms with Crippen LogP contribution in [0.4, 0.5) is 8.78 Å². The molecule has 0 bridgehead atoms. The number of aliphatic hydroxyl groups excluding tert-OH is 1. The molecule has 0 spiro atoms. The summed E-state index contributed by atoms with van der Waals surface area (Å²) in [4.78, 5) is 9.46. The Morgan fingerprint density at radius 3 is 2.46 bits per heavy atom. The van der Waals surface area contributed by atoms with Crippen LogP contribution in [-0.2, 0) is 12.0 Å². The first-order valence-electron chi connectivity index (χ1n) is 11.5. The molecule has 2 atom stereocenters. The largest absolute Gasteiger partial charge is 0.390 e. The van der Waals surface area contributed by atoms with Crippen LogP contribution < -0.4 is 0 Å². The van der Waals surface area contributed by atoms with E-state index in [4.69, 9.17) is 4.98 Å². The summed E-state index contributed by atoms with van der Waals surface area (Å²) in [6.45, 7) is 8.24. The van der Waals surface area contributed by atoms with E-state index in [2.05, 4.69) is 41.1 Å². The molecule has 1 aromatic carbocycles. The van der Waals surface area contributed by atoms with Crippen molar-refractivity contribution < 1.29 is 13.9 Å². The first-order valence-corrected chi connectivity index (χ1v) is 11.5. The zero-order valence-electron chi connectivity index (χ0n) is 20.0. The smallest absolute Gasteiger partial charge is 0.157 e. The van der Waals surface area contributed by atoms with Crippen molar-refractivity contribution in [1.82, 2.24) is 29.9 Å². The Hall–Kier alpha value is -3.59. The van der Waals surface area contributed by atoms with Gasteiger partial charge in [-0.3, -0.25) is 0 Å². The van der Waals surface area contributed by atoms with Crippen LogP contribution in [0.3, 0.4) is 0 Å². The summed E-state index contributed by atoms with van der Waals surface area (Å²) in [5.74, 6) is -0.206. The number of fused-ring (bicyclic) bond motifs is 1. The van der Waals surface area contributed by atoms with E-state index in [1.165, 1.54) is 18.2 Å². The number of aliphatic hydroxyl groups is 1. The van der Waals surface area contributed by atoms with Crippen LogP contribution in [-0.4, -0.2) is 35.1 Å². The molecule has 7 nitrogen and oxygen atoms in total. The van der Waals surface area contributed by atoms with Crippen molar-refractivity contribution in [3.05, 3.63) is 83.2 Å². The second kappa shape index (κ2) is 8.27. The lowest BCUT2D eigenvalue weighted by Gasteiger charge is -2.40. The maximum absolute atomic E-state index is 14.5. The predicted molar refractivity (Wildman–Crippen MR) is 126 cm³/mol. The highest BCUT2D eigenvalue weighted by molar-refractivity contribution is 5.63. The van der Waals surface area contributed by atoms with E-state index in [0.29, 0.717) is 23.0 Å². The minimum absolute atomic E-state index is 0.0320. The Balaban J connectivity index is 1.68. The number of benzene rings is 1. The third-order valence-electron chi connectivity index (χ3n) is 7.59. The lowest BCUT2D eigenvalue weighted by atomic mass is 9.63. The van der Waals surface area contributed by atoms with Gasteiger partial charge in [0.05, 0.1) is 34.7 Å². The molecule has 180 valence electrons. The molecule has 1 N–H and O–H groups in total. The van der Waals surface area contributed by atoms with Crippen LogP contribution >= 0.6 is 0 Å². The predicted octanol–water partition coefficient (Wildman–Crippen LogP) is 4.73. The van der Waals surface area contributed by atoms with Crippen LogP contribution in [0.2, 0.25) is 0 Å². The Kier molecular flexibility index (Phi) is 5.47.